The van der Waals surface area contributed by atoms with Crippen molar-refractivity contribution in [1.82, 2.24) is 0 Å². The zero-order chi connectivity index (χ0) is 9.68. The largest absolute Gasteiger partial charge is 0.0952 e. The third kappa shape index (κ3) is 3.11. The van der Waals surface area contributed by atoms with Gasteiger partial charge >= 0.3 is 0 Å². The SMILES string of the molecule is C=C(CC)SC(=C)c1ccccc1. The molecule has 0 heterocycles. The Morgan fingerprint density at radius 3 is 2.38 bits per heavy atom. The van der Waals surface area contributed by atoms with E-state index < -0.39 is 0 Å². The van der Waals surface area contributed by atoms with Gasteiger partial charge in [-0.2, -0.15) is 0 Å². The van der Waals surface area contributed by atoms with E-state index in [9.17, 15) is 0 Å². The highest BCUT2D eigenvalue weighted by molar-refractivity contribution is 8.11. The zero-order valence-corrected chi connectivity index (χ0v) is 8.73. The van der Waals surface area contributed by atoms with E-state index in [4.69, 9.17) is 0 Å². The molecule has 0 atom stereocenters. The standard InChI is InChI=1S/C12H14S/c1-4-10(2)13-11(3)12-8-6-5-7-9-12/h5-9H,2-4H2,1H3. The predicted molar refractivity (Wildman–Crippen MR) is 62.5 cm³/mol. The quantitative estimate of drug-likeness (QED) is 0.681. The zero-order valence-electron chi connectivity index (χ0n) is 7.92. The molecule has 0 fully saturated rings. The van der Waals surface area contributed by atoms with Crippen molar-refractivity contribution in [2.75, 3.05) is 0 Å². The number of benzene rings is 1. The molecule has 0 bridgehead atoms. The Kier molecular flexibility index (Phi) is 3.84. The smallest absolute Gasteiger partial charge is 0.0119 e. The van der Waals surface area contributed by atoms with Crippen LogP contribution in [-0.4, -0.2) is 0 Å². The fraction of sp³-hybridized carbons (Fsp3) is 0.167. The van der Waals surface area contributed by atoms with Crippen molar-refractivity contribution in [2.45, 2.75) is 13.3 Å². The van der Waals surface area contributed by atoms with Crippen molar-refractivity contribution in [3.05, 3.63) is 54.0 Å². The van der Waals surface area contributed by atoms with Gasteiger partial charge in [0, 0.05) is 4.91 Å². The first-order valence-electron chi connectivity index (χ1n) is 4.34. The van der Waals surface area contributed by atoms with Crippen LogP contribution in [0.25, 0.3) is 4.91 Å². The third-order valence-electron chi connectivity index (χ3n) is 1.76. The van der Waals surface area contributed by atoms with Crippen LogP contribution in [0.15, 0.2) is 48.4 Å². The fourth-order valence-electron chi connectivity index (χ4n) is 0.929. The van der Waals surface area contributed by atoms with Gasteiger partial charge in [-0.3, -0.25) is 0 Å². The van der Waals surface area contributed by atoms with Crippen LogP contribution in [0.2, 0.25) is 0 Å². The summed E-state index contributed by atoms with van der Waals surface area (Å²) in [5.74, 6) is 0. The molecule has 0 nitrogen and oxygen atoms in total. The Hall–Kier alpha value is -0.950. The van der Waals surface area contributed by atoms with E-state index in [2.05, 4.69) is 32.2 Å². The van der Waals surface area contributed by atoms with E-state index in [0.717, 1.165) is 16.2 Å². The minimum absolute atomic E-state index is 0.997. The molecule has 1 aromatic carbocycles. The summed E-state index contributed by atoms with van der Waals surface area (Å²) >= 11 is 1.66. The number of rotatable bonds is 4. The molecule has 13 heavy (non-hydrogen) atoms. The van der Waals surface area contributed by atoms with Crippen molar-refractivity contribution in [1.29, 1.82) is 0 Å². The first-order chi connectivity index (χ1) is 6.24. The van der Waals surface area contributed by atoms with Gasteiger partial charge in [-0.25, -0.2) is 0 Å². The van der Waals surface area contributed by atoms with Crippen molar-refractivity contribution in [2.24, 2.45) is 0 Å². The van der Waals surface area contributed by atoms with Gasteiger partial charge < -0.3 is 0 Å². The van der Waals surface area contributed by atoms with Crippen LogP contribution in [0.4, 0.5) is 0 Å². The maximum Gasteiger partial charge on any atom is 0.0119 e. The van der Waals surface area contributed by atoms with Gasteiger partial charge in [0.1, 0.15) is 0 Å². The van der Waals surface area contributed by atoms with E-state index in [-0.39, 0.29) is 0 Å². The minimum atomic E-state index is 0.997. The summed E-state index contributed by atoms with van der Waals surface area (Å²) < 4.78 is 0. The van der Waals surface area contributed by atoms with Crippen molar-refractivity contribution in [3.8, 4) is 0 Å². The number of allylic oxidation sites excluding steroid dienone is 1. The number of hydrogen-bond donors (Lipinski definition) is 0. The number of thioether (sulfide) groups is 1. The Labute approximate surface area is 84.4 Å². The minimum Gasteiger partial charge on any atom is -0.0952 e. The van der Waals surface area contributed by atoms with Crippen molar-refractivity contribution < 1.29 is 0 Å². The average molecular weight is 190 g/mol. The van der Waals surface area contributed by atoms with Gasteiger partial charge in [-0.05, 0) is 16.9 Å². The summed E-state index contributed by atoms with van der Waals surface area (Å²) in [6.45, 7) is 10.1. The lowest BCUT2D eigenvalue weighted by atomic mass is 10.2. The molecule has 1 rings (SSSR count). The number of hydrogen-bond acceptors (Lipinski definition) is 1. The van der Waals surface area contributed by atoms with Crippen LogP contribution in [0, 0.1) is 0 Å². The highest BCUT2D eigenvalue weighted by Crippen LogP contribution is 2.32. The first-order valence-corrected chi connectivity index (χ1v) is 5.15. The lowest BCUT2D eigenvalue weighted by Crippen LogP contribution is -1.77. The van der Waals surface area contributed by atoms with Gasteiger partial charge in [0.15, 0.2) is 0 Å². The molecule has 68 valence electrons. The molecule has 0 amide bonds. The highest BCUT2D eigenvalue weighted by atomic mass is 32.2. The molecule has 0 N–H and O–H groups in total. The van der Waals surface area contributed by atoms with Crippen molar-refractivity contribution >= 4 is 16.7 Å². The topological polar surface area (TPSA) is 0 Å². The predicted octanol–water partition coefficient (Wildman–Crippen LogP) is 4.31. The van der Waals surface area contributed by atoms with Crippen LogP contribution in [-0.2, 0) is 0 Å². The van der Waals surface area contributed by atoms with Crippen LogP contribution in [0.3, 0.4) is 0 Å². The Balaban J connectivity index is 2.65. The molecule has 0 aliphatic heterocycles. The molecule has 0 aliphatic rings. The second kappa shape index (κ2) is 4.93. The fourth-order valence-corrected chi connectivity index (χ4v) is 1.68. The van der Waals surface area contributed by atoms with E-state index in [1.165, 1.54) is 5.56 Å². The molecular weight excluding hydrogens is 176 g/mol. The molecule has 1 heteroatoms. The summed E-state index contributed by atoms with van der Waals surface area (Å²) in [4.78, 5) is 2.24. The second-order valence-corrected chi connectivity index (χ2v) is 4.06. The molecule has 0 aliphatic carbocycles. The molecule has 0 unspecified atom stereocenters. The van der Waals surface area contributed by atoms with Gasteiger partial charge in [0.25, 0.3) is 0 Å². The molecule has 1 aromatic rings. The summed E-state index contributed by atoms with van der Waals surface area (Å²) in [6, 6.07) is 10.2. The van der Waals surface area contributed by atoms with E-state index in [1.807, 2.05) is 18.2 Å². The Bertz CT molecular complexity index is 298. The summed E-state index contributed by atoms with van der Waals surface area (Å²) in [6.07, 6.45) is 0.997. The lowest BCUT2D eigenvalue weighted by molar-refractivity contribution is 1.21. The monoisotopic (exact) mass is 190 g/mol. The second-order valence-electron chi connectivity index (χ2n) is 2.78. The van der Waals surface area contributed by atoms with E-state index >= 15 is 0 Å². The molecule has 0 radical (unpaired) electrons. The van der Waals surface area contributed by atoms with E-state index in [0.29, 0.717) is 0 Å². The van der Waals surface area contributed by atoms with Gasteiger partial charge in [0.2, 0.25) is 0 Å². The first kappa shape index (κ1) is 10.1. The van der Waals surface area contributed by atoms with Crippen LogP contribution in [0.1, 0.15) is 18.9 Å². The molecule has 0 saturated carbocycles. The normalized spacial score (nSPS) is 9.62. The van der Waals surface area contributed by atoms with Crippen molar-refractivity contribution in [3.63, 3.8) is 0 Å². The summed E-state index contributed by atoms with van der Waals surface area (Å²) in [5, 5.41) is 0. The lowest BCUT2D eigenvalue weighted by Gasteiger charge is -2.05. The Morgan fingerprint density at radius 2 is 1.85 bits per heavy atom. The molecule has 0 aromatic heterocycles. The van der Waals surface area contributed by atoms with Crippen LogP contribution >= 0.6 is 11.8 Å². The summed E-state index contributed by atoms with van der Waals surface area (Å²) in [5.41, 5.74) is 1.18. The van der Waals surface area contributed by atoms with Gasteiger partial charge in [0.05, 0.1) is 0 Å². The van der Waals surface area contributed by atoms with Crippen LogP contribution < -0.4 is 0 Å². The molecular formula is C12H14S. The van der Waals surface area contributed by atoms with Crippen LogP contribution in [0.5, 0.6) is 0 Å². The van der Waals surface area contributed by atoms with E-state index in [1.54, 1.807) is 11.8 Å². The Morgan fingerprint density at radius 1 is 1.23 bits per heavy atom. The molecule has 0 spiro atoms. The third-order valence-corrected chi connectivity index (χ3v) is 2.82. The summed E-state index contributed by atoms with van der Waals surface area (Å²) in [7, 11) is 0. The molecule has 0 saturated heterocycles. The maximum absolute atomic E-state index is 4.02. The van der Waals surface area contributed by atoms with Gasteiger partial charge in [-0.1, -0.05) is 62.2 Å². The van der Waals surface area contributed by atoms with Gasteiger partial charge in [-0.15, -0.1) is 0 Å². The average Bonchev–Trinajstić information content (AvgIpc) is 2.19. The maximum atomic E-state index is 4.02. The highest BCUT2D eigenvalue weighted by Gasteiger charge is 1.99.